The molecule has 0 aliphatic heterocycles. The van der Waals surface area contributed by atoms with Crippen LogP contribution in [0.25, 0.3) is 22.3 Å². The van der Waals surface area contributed by atoms with Crippen molar-refractivity contribution in [2.45, 2.75) is 6.92 Å². The summed E-state index contributed by atoms with van der Waals surface area (Å²) in [7, 11) is 0. The maximum atomic E-state index is 11.6. The van der Waals surface area contributed by atoms with Gasteiger partial charge in [0.15, 0.2) is 0 Å². The number of hydrogen-bond donors (Lipinski definition) is 0. The summed E-state index contributed by atoms with van der Waals surface area (Å²) in [6, 6.07) is 25.3. The molecule has 3 nitrogen and oxygen atoms in total. The van der Waals surface area contributed by atoms with Crippen molar-refractivity contribution in [3.05, 3.63) is 90.5 Å². The minimum Gasteiger partial charge on any atom is -0.423 e. The standard InChI is InChI=1S/C23H17NO2/c1-16(2)23(25)26-21-12-13-22(20(14-21)15-24)19-10-8-18(9-11-19)17-6-4-3-5-7-17/h3-14H,1H2,2H3. The van der Waals surface area contributed by atoms with Crippen molar-refractivity contribution in [3.63, 3.8) is 0 Å². The molecule has 126 valence electrons. The molecule has 0 spiro atoms. The fourth-order valence-electron chi connectivity index (χ4n) is 2.60. The average Bonchev–Trinajstić information content (AvgIpc) is 2.68. The van der Waals surface area contributed by atoms with E-state index in [0.29, 0.717) is 16.9 Å². The van der Waals surface area contributed by atoms with Crippen LogP contribution in [-0.4, -0.2) is 5.97 Å². The summed E-state index contributed by atoms with van der Waals surface area (Å²) >= 11 is 0. The second-order valence-electron chi connectivity index (χ2n) is 5.93. The van der Waals surface area contributed by atoms with E-state index in [4.69, 9.17) is 4.74 Å². The summed E-state index contributed by atoms with van der Waals surface area (Å²) in [5.41, 5.74) is 4.73. The Balaban J connectivity index is 1.90. The third-order valence-electron chi connectivity index (χ3n) is 3.97. The average molecular weight is 339 g/mol. The van der Waals surface area contributed by atoms with Crippen molar-refractivity contribution in [2.75, 3.05) is 0 Å². The van der Waals surface area contributed by atoms with E-state index in [9.17, 15) is 10.1 Å². The molecule has 0 aliphatic rings. The number of ether oxygens (including phenoxy) is 1. The van der Waals surface area contributed by atoms with E-state index in [2.05, 4.69) is 24.8 Å². The Bertz CT molecular complexity index is 997. The van der Waals surface area contributed by atoms with E-state index < -0.39 is 5.97 Å². The summed E-state index contributed by atoms with van der Waals surface area (Å²) in [4.78, 5) is 11.6. The van der Waals surface area contributed by atoms with Crippen molar-refractivity contribution < 1.29 is 9.53 Å². The Kier molecular flexibility index (Phi) is 4.96. The summed E-state index contributed by atoms with van der Waals surface area (Å²) in [6.07, 6.45) is 0. The fourth-order valence-corrected chi connectivity index (χ4v) is 2.60. The predicted octanol–water partition coefficient (Wildman–Crippen LogP) is 5.37. The second-order valence-corrected chi connectivity index (χ2v) is 5.93. The molecule has 0 N–H and O–H groups in total. The van der Waals surface area contributed by atoms with Crippen LogP contribution in [0.1, 0.15) is 12.5 Å². The molecule has 0 bridgehead atoms. The maximum Gasteiger partial charge on any atom is 0.338 e. The Hall–Kier alpha value is -3.64. The summed E-state index contributed by atoms with van der Waals surface area (Å²) in [5, 5.41) is 9.47. The monoisotopic (exact) mass is 339 g/mol. The molecule has 0 aliphatic carbocycles. The maximum absolute atomic E-state index is 11.6. The number of nitriles is 1. The number of rotatable bonds is 4. The van der Waals surface area contributed by atoms with Gasteiger partial charge in [-0.2, -0.15) is 5.26 Å². The van der Waals surface area contributed by atoms with Crippen LogP contribution < -0.4 is 4.74 Å². The molecule has 0 amide bonds. The molecule has 3 rings (SSSR count). The molecule has 0 radical (unpaired) electrons. The molecule has 0 saturated carbocycles. The van der Waals surface area contributed by atoms with Crippen LogP contribution in [0, 0.1) is 11.3 Å². The van der Waals surface area contributed by atoms with Crippen LogP contribution in [-0.2, 0) is 4.79 Å². The molecule has 0 fully saturated rings. The zero-order chi connectivity index (χ0) is 18.5. The minimum atomic E-state index is -0.506. The van der Waals surface area contributed by atoms with Gasteiger partial charge in [-0.05, 0) is 47.4 Å². The second kappa shape index (κ2) is 7.50. The van der Waals surface area contributed by atoms with Crippen molar-refractivity contribution in [1.82, 2.24) is 0 Å². The molecule has 0 unspecified atom stereocenters. The van der Waals surface area contributed by atoms with Crippen LogP contribution in [0.15, 0.2) is 84.9 Å². The summed E-state index contributed by atoms with van der Waals surface area (Å²) in [5.74, 6) is -0.173. The number of benzene rings is 3. The smallest absolute Gasteiger partial charge is 0.338 e. The van der Waals surface area contributed by atoms with Crippen LogP contribution in [0.3, 0.4) is 0 Å². The highest BCUT2D eigenvalue weighted by Crippen LogP contribution is 2.29. The van der Waals surface area contributed by atoms with Gasteiger partial charge in [-0.25, -0.2) is 4.79 Å². The van der Waals surface area contributed by atoms with Crippen molar-refractivity contribution in [1.29, 1.82) is 5.26 Å². The molecule has 0 saturated heterocycles. The molecule has 0 aromatic heterocycles. The first-order valence-corrected chi connectivity index (χ1v) is 8.16. The summed E-state index contributed by atoms with van der Waals surface area (Å²) < 4.78 is 5.20. The number of nitrogens with zero attached hydrogens (tertiary/aromatic N) is 1. The van der Waals surface area contributed by atoms with Gasteiger partial charge in [0.1, 0.15) is 5.75 Å². The zero-order valence-corrected chi connectivity index (χ0v) is 14.4. The Morgan fingerprint density at radius 1 is 0.923 bits per heavy atom. The van der Waals surface area contributed by atoms with Gasteiger partial charge in [-0.15, -0.1) is 0 Å². The molecular weight excluding hydrogens is 322 g/mol. The van der Waals surface area contributed by atoms with Gasteiger partial charge in [-0.3, -0.25) is 0 Å². The first-order chi connectivity index (χ1) is 12.6. The van der Waals surface area contributed by atoms with Crippen molar-refractivity contribution in [2.24, 2.45) is 0 Å². The molecule has 0 atom stereocenters. The Morgan fingerprint density at radius 3 is 2.15 bits per heavy atom. The first kappa shape index (κ1) is 17.2. The quantitative estimate of drug-likeness (QED) is 0.364. The zero-order valence-electron chi connectivity index (χ0n) is 14.4. The molecule has 3 aromatic carbocycles. The van der Waals surface area contributed by atoms with Gasteiger partial charge in [-0.1, -0.05) is 61.2 Å². The van der Waals surface area contributed by atoms with Crippen LogP contribution in [0.4, 0.5) is 0 Å². The normalized spacial score (nSPS) is 10.0. The first-order valence-electron chi connectivity index (χ1n) is 8.16. The van der Waals surface area contributed by atoms with E-state index in [1.807, 2.05) is 42.5 Å². The molecular formula is C23H17NO2. The predicted molar refractivity (Wildman–Crippen MR) is 102 cm³/mol. The number of carbonyl (C=O) groups is 1. The number of esters is 1. The van der Waals surface area contributed by atoms with E-state index in [0.717, 1.165) is 22.3 Å². The third-order valence-corrected chi connectivity index (χ3v) is 3.97. The SMILES string of the molecule is C=C(C)C(=O)Oc1ccc(-c2ccc(-c3ccccc3)cc2)c(C#N)c1. The molecule has 26 heavy (non-hydrogen) atoms. The highest BCUT2D eigenvalue weighted by molar-refractivity contribution is 5.89. The van der Waals surface area contributed by atoms with E-state index >= 15 is 0 Å². The van der Waals surface area contributed by atoms with Gasteiger partial charge >= 0.3 is 5.97 Å². The van der Waals surface area contributed by atoms with E-state index in [1.54, 1.807) is 25.1 Å². The lowest BCUT2D eigenvalue weighted by Crippen LogP contribution is -2.08. The molecule has 3 heteroatoms. The topological polar surface area (TPSA) is 50.1 Å². The highest BCUT2D eigenvalue weighted by Gasteiger charge is 2.10. The van der Waals surface area contributed by atoms with Crippen molar-refractivity contribution >= 4 is 5.97 Å². The van der Waals surface area contributed by atoms with E-state index in [1.165, 1.54) is 0 Å². The number of carbonyl (C=O) groups excluding carboxylic acids is 1. The van der Waals surface area contributed by atoms with E-state index in [-0.39, 0.29) is 0 Å². The fraction of sp³-hybridized carbons (Fsp3) is 0.0435. The Labute approximate surface area is 152 Å². The molecule has 3 aromatic rings. The van der Waals surface area contributed by atoms with Crippen molar-refractivity contribution in [3.8, 4) is 34.1 Å². The summed E-state index contributed by atoms with van der Waals surface area (Å²) in [6.45, 7) is 5.13. The van der Waals surface area contributed by atoms with Gasteiger partial charge in [0.2, 0.25) is 0 Å². The highest BCUT2D eigenvalue weighted by atomic mass is 16.5. The number of hydrogen-bond acceptors (Lipinski definition) is 3. The van der Waals surface area contributed by atoms with Crippen LogP contribution in [0.5, 0.6) is 5.75 Å². The largest absolute Gasteiger partial charge is 0.423 e. The minimum absolute atomic E-state index is 0.309. The van der Waals surface area contributed by atoms with Crippen LogP contribution in [0.2, 0.25) is 0 Å². The van der Waals surface area contributed by atoms with Gasteiger partial charge < -0.3 is 4.74 Å². The lowest BCUT2D eigenvalue weighted by atomic mass is 9.97. The Morgan fingerprint density at radius 2 is 1.54 bits per heavy atom. The molecule has 0 heterocycles. The van der Waals surface area contributed by atoms with Gasteiger partial charge in [0.05, 0.1) is 11.6 Å². The lowest BCUT2D eigenvalue weighted by molar-refractivity contribution is -0.130. The van der Waals surface area contributed by atoms with Gasteiger partial charge in [0.25, 0.3) is 0 Å². The lowest BCUT2D eigenvalue weighted by Gasteiger charge is -2.09. The van der Waals surface area contributed by atoms with Crippen LogP contribution >= 0.6 is 0 Å². The third kappa shape index (κ3) is 3.71. The van der Waals surface area contributed by atoms with Gasteiger partial charge in [0, 0.05) is 5.57 Å².